The van der Waals surface area contributed by atoms with Gasteiger partial charge < -0.3 is 20.4 Å². The van der Waals surface area contributed by atoms with Crippen LogP contribution in [0.5, 0.6) is 0 Å². The molecule has 0 bridgehead atoms. The molecule has 1 aliphatic heterocycles. The molecule has 0 unspecified atom stereocenters. The zero-order valence-corrected chi connectivity index (χ0v) is 15.3. The summed E-state index contributed by atoms with van der Waals surface area (Å²) >= 11 is 0. The van der Waals surface area contributed by atoms with E-state index in [2.05, 4.69) is 10.3 Å². The lowest BCUT2D eigenvalue weighted by molar-refractivity contribution is -0.118. The quantitative estimate of drug-likeness (QED) is 0.826. The van der Waals surface area contributed by atoms with Crippen LogP contribution in [0, 0.1) is 6.92 Å². The van der Waals surface area contributed by atoms with Crippen LogP contribution >= 0.6 is 0 Å². The number of pyridine rings is 1. The van der Waals surface area contributed by atoms with E-state index in [1.807, 2.05) is 52.8 Å². The predicted molar refractivity (Wildman–Crippen MR) is 96.1 cm³/mol. The number of rotatable bonds is 4. The van der Waals surface area contributed by atoms with Crippen molar-refractivity contribution in [1.82, 2.24) is 10.3 Å². The Morgan fingerprint density at radius 2 is 1.88 bits per heavy atom. The van der Waals surface area contributed by atoms with Gasteiger partial charge in [0.05, 0.1) is 22.6 Å². The summed E-state index contributed by atoms with van der Waals surface area (Å²) in [5.74, 6) is -0.123. The van der Waals surface area contributed by atoms with Gasteiger partial charge in [-0.3, -0.25) is 9.78 Å². The van der Waals surface area contributed by atoms with Crippen LogP contribution in [0.3, 0.4) is 0 Å². The lowest BCUT2D eigenvalue weighted by Crippen LogP contribution is -2.41. The summed E-state index contributed by atoms with van der Waals surface area (Å²) < 4.78 is 12.2. The van der Waals surface area contributed by atoms with Gasteiger partial charge in [-0.2, -0.15) is 0 Å². The fourth-order valence-electron chi connectivity index (χ4n) is 2.30. The second-order valence-corrected chi connectivity index (χ2v) is 7.14. The molecule has 0 aromatic carbocycles. The molecule has 1 aliphatic rings. The van der Waals surface area contributed by atoms with Crippen molar-refractivity contribution in [1.29, 1.82) is 0 Å². The van der Waals surface area contributed by atoms with Crippen LogP contribution < -0.4 is 11.1 Å². The summed E-state index contributed by atoms with van der Waals surface area (Å²) in [7, 11) is -0.566. The number of carbonyl (C=O) groups is 1. The summed E-state index contributed by atoms with van der Waals surface area (Å²) in [6.45, 7) is 11.6. The summed E-state index contributed by atoms with van der Waals surface area (Å²) in [4.78, 5) is 15.8. The largest absolute Gasteiger partial charge is 0.492 e. The fraction of sp³-hybridized carbons (Fsp3) is 0.529. The van der Waals surface area contributed by atoms with E-state index in [0.29, 0.717) is 17.9 Å². The standard InChI is InChI=1S/C17H26BN3O3/c1-11-7-8-14(19)15(21-11)9-13(10-20-12(2)22)18-23-16(3,4)17(5,6)24-18/h7-9H,10,19H2,1-6H3,(H,20,22). The molecule has 1 fully saturated rings. The van der Waals surface area contributed by atoms with Crippen molar-refractivity contribution < 1.29 is 14.1 Å². The number of nitrogen functional groups attached to an aromatic ring is 1. The highest BCUT2D eigenvalue weighted by Crippen LogP contribution is 2.38. The molecule has 0 atom stereocenters. The van der Waals surface area contributed by atoms with Crippen molar-refractivity contribution >= 4 is 24.8 Å². The minimum absolute atomic E-state index is 0.123. The number of nitrogens with zero attached hydrogens (tertiary/aromatic N) is 1. The number of anilines is 1. The number of aromatic nitrogens is 1. The molecule has 0 radical (unpaired) electrons. The van der Waals surface area contributed by atoms with E-state index >= 15 is 0 Å². The maximum absolute atomic E-state index is 11.3. The third-order valence-electron chi connectivity index (χ3n) is 4.52. The molecule has 2 heterocycles. The zero-order chi connectivity index (χ0) is 18.1. The van der Waals surface area contributed by atoms with Gasteiger partial charge in [0, 0.05) is 19.2 Å². The molecule has 3 N–H and O–H groups in total. The number of nitrogens with two attached hydrogens (primary N) is 1. The summed E-state index contributed by atoms with van der Waals surface area (Å²) in [5, 5.41) is 2.80. The van der Waals surface area contributed by atoms with E-state index in [-0.39, 0.29) is 5.91 Å². The van der Waals surface area contributed by atoms with Crippen molar-refractivity contribution in [2.45, 2.75) is 52.7 Å². The molecule has 7 heteroatoms. The molecule has 2 rings (SSSR count). The third-order valence-corrected chi connectivity index (χ3v) is 4.52. The van der Waals surface area contributed by atoms with Gasteiger partial charge >= 0.3 is 7.12 Å². The summed E-state index contributed by atoms with van der Waals surface area (Å²) in [5.41, 5.74) is 7.95. The molecular formula is C17H26BN3O3. The minimum atomic E-state index is -0.566. The van der Waals surface area contributed by atoms with Crippen LogP contribution in [-0.2, 0) is 14.1 Å². The summed E-state index contributed by atoms with van der Waals surface area (Å²) in [6.07, 6.45) is 1.83. The van der Waals surface area contributed by atoms with Crippen molar-refractivity contribution in [3.63, 3.8) is 0 Å². The molecule has 0 aliphatic carbocycles. The minimum Gasteiger partial charge on any atom is -0.400 e. The van der Waals surface area contributed by atoms with E-state index < -0.39 is 18.3 Å². The van der Waals surface area contributed by atoms with E-state index in [9.17, 15) is 4.79 Å². The Morgan fingerprint density at radius 3 is 2.42 bits per heavy atom. The molecule has 1 saturated heterocycles. The number of aryl methyl sites for hydroxylation is 1. The number of hydrogen-bond acceptors (Lipinski definition) is 5. The Hall–Kier alpha value is -1.86. The van der Waals surface area contributed by atoms with Crippen molar-refractivity contribution in [3.05, 3.63) is 29.0 Å². The van der Waals surface area contributed by atoms with E-state index in [4.69, 9.17) is 15.0 Å². The number of hydrogen-bond donors (Lipinski definition) is 2. The Labute approximate surface area is 144 Å². The molecule has 1 amide bonds. The smallest absolute Gasteiger partial charge is 0.400 e. The first-order valence-corrected chi connectivity index (χ1v) is 8.05. The average molecular weight is 331 g/mol. The topological polar surface area (TPSA) is 86.5 Å². The van der Waals surface area contributed by atoms with Gasteiger partial charge in [-0.25, -0.2) is 0 Å². The zero-order valence-electron chi connectivity index (χ0n) is 15.3. The second-order valence-electron chi connectivity index (χ2n) is 7.14. The third kappa shape index (κ3) is 3.97. The van der Waals surface area contributed by atoms with Crippen LogP contribution in [0.2, 0.25) is 0 Å². The van der Waals surface area contributed by atoms with E-state index in [1.54, 1.807) is 0 Å². The van der Waals surface area contributed by atoms with Crippen LogP contribution in [-0.4, -0.2) is 35.8 Å². The molecule has 0 saturated carbocycles. The van der Waals surface area contributed by atoms with Crippen molar-refractivity contribution in [3.8, 4) is 0 Å². The maximum Gasteiger partial charge on any atom is 0.492 e. The monoisotopic (exact) mass is 331 g/mol. The van der Waals surface area contributed by atoms with Crippen molar-refractivity contribution in [2.75, 3.05) is 12.3 Å². The van der Waals surface area contributed by atoms with Gasteiger partial charge in [-0.1, -0.05) is 0 Å². The first-order valence-electron chi connectivity index (χ1n) is 8.05. The van der Waals surface area contributed by atoms with Gasteiger partial charge in [0.1, 0.15) is 0 Å². The SMILES string of the molecule is CC(=O)NCC(=Cc1nc(C)ccc1N)B1OC(C)(C)C(C)(C)O1. The first-order chi connectivity index (χ1) is 11.0. The van der Waals surface area contributed by atoms with E-state index in [1.165, 1.54) is 6.92 Å². The Morgan fingerprint density at radius 1 is 1.29 bits per heavy atom. The number of nitrogens with one attached hydrogen (secondary N) is 1. The van der Waals surface area contributed by atoms with Gasteiger partial charge in [0.2, 0.25) is 5.91 Å². The van der Waals surface area contributed by atoms with Gasteiger partial charge in [0.25, 0.3) is 0 Å². The van der Waals surface area contributed by atoms with E-state index in [0.717, 1.165) is 11.2 Å². The Bertz CT molecular complexity index is 655. The summed E-state index contributed by atoms with van der Waals surface area (Å²) in [6, 6.07) is 3.67. The fourth-order valence-corrected chi connectivity index (χ4v) is 2.30. The van der Waals surface area contributed by atoms with Crippen LogP contribution in [0.15, 0.2) is 17.6 Å². The molecule has 1 aromatic heterocycles. The lowest BCUT2D eigenvalue weighted by atomic mass is 9.77. The predicted octanol–water partition coefficient (Wildman–Crippen LogP) is 2.12. The van der Waals surface area contributed by atoms with Crippen LogP contribution in [0.4, 0.5) is 5.69 Å². The molecule has 0 spiro atoms. The molecule has 6 nitrogen and oxygen atoms in total. The van der Waals surface area contributed by atoms with Gasteiger partial charge in [0.15, 0.2) is 0 Å². The number of carbonyl (C=O) groups excluding carboxylic acids is 1. The molecule has 130 valence electrons. The second kappa shape index (κ2) is 6.57. The normalized spacial score (nSPS) is 19.4. The van der Waals surface area contributed by atoms with Crippen LogP contribution in [0.1, 0.15) is 46.0 Å². The lowest BCUT2D eigenvalue weighted by Gasteiger charge is -2.32. The first kappa shape index (κ1) is 18.5. The molecule has 1 aromatic rings. The highest BCUT2D eigenvalue weighted by molar-refractivity contribution is 6.56. The average Bonchev–Trinajstić information content (AvgIpc) is 2.66. The Balaban J connectivity index is 2.37. The highest BCUT2D eigenvalue weighted by Gasteiger charge is 2.52. The molecule has 24 heavy (non-hydrogen) atoms. The maximum atomic E-state index is 11.3. The van der Waals surface area contributed by atoms with Crippen molar-refractivity contribution in [2.24, 2.45) is 0 Å². The molecular weight excluding hydrogens is 305 g/mol. The van der Waals surface area contributed by atoms with Crippen LogP contribution in [0.25, 0.3) is 6.08 Å². The number of amides is 1. The Kier molecular flexibility index (Phi) is 5.06. The highest BCUT2D eigenvalue weighted by atomic mass is 16.7. The van der Waals surface area contributed by atoms with Gasteiger partial charge in [-0.15, -0.1) is 0 Å². The van der Waals surface area contributed by atoms with Gasteiger partial charge in [-0.05, 0) is 58.3 Å².